The Morgan fingerprint density at radius 2 is 2.35 bits per heavy atom. The third-order valence-corrected chi connectivity index (χ3v) is 3.02. The van der Waals surface area contributed by atoms with E-state index < -0.39 is 0 Å². The molecule has 0 radical (unpaired) electrons. The predicted molar refractivity (Wildman–Crippen MR) is 67.1 cm³/mol. The van der Waals surface area contributed by atoms with Gasteiger partial charge in [0.1, 0.15) is 11.6 Å². The average Bonchev–Trinajstić information content (AvgIpc) is 2.94. The summed E-state index contributed by atoms with van der Waals surface area (Å²) in [4.78, 5) is 4.36. The van der Waals surface area contributed by atoms with E-state index in [-0.39, 0.29) is 6.04 Å². The summed E-state index contributed by atoms with van der Waals surface area (Å²) in [5.74, 6) is 1.88. The van der Waals surface area contributed by atoms with E-state index in [4.69, 9.17) is 16.0 Å². The number of aryl methyl sites for hydroxylation is 1. The number of rotatable bonds is 5. The summed E-state index contributed by atoms with van der Waals surface area (Å²) < 4.78 is 7.54. The van der Waals surface area contributed by atoms with Crippen LogP contribution in [0.1, 0.15) is 24.6 Å². The summed E-state index contributed by atoms with van der Waals surface area (Å²) >= 11 is 5.79. The van der Waals surface area contributed by atoms with E-state index in [9.17, 15) is 0 Å². The van der Waals surface area contributed by atoms with E-state index in [2.05, 4.69) is 21.8 Å². The van der Waals surface area contributed by atoms with E-state index >= 15 is 0 Å². The summed E-state index contributed by atoms with van der Waals surface area (Å²) in [5, 5.41) is 3.63. The Balaban J connectivity index is 2.15. The summed E-state index contributed by atoms with van der Waals surface area (Å²) in [6, 6.07) is 3.74. The number of nitrogens with zero attached hydrogens (tertiary/aromatic N) is 2. The lowest BCUT2D eigenvalue weighted by Gasteiger charge is -2.13. The van der Waals surface area contributed by atoms with Crippen molar-refractivity contribution in [3.05, 3.63) is 41.3 Å². The van der Waals surface area contributed by atoms with Crippen molar-refractivity contribution in [1.82, 2.24) is 14.9 Å². The number of hydrogen-bond donors (Lipinski definition) is 1. The molecule has 0 spiro atoms. The van der Waals surface area contributed by atoms with Gasteiger partial charge in [-0.05, 0) is 37.7 Å². The lowest BCUT2D eigenvalue weighted by atomic mass is 10.1. The van der Waals surface area contributed by atoms with E-state index in [0.717, 1.165) is 24.6 Å². The van der Waals surface area contributed by atoms with Crippen LogP contribution in [-0.2, 0) is 13.0 Å². The van der Waals surface area contributed by atoms with Gasteiger partial charge >= 0.3 is 0 Å². The van der Waals surface area contributed by atoms with Crippen LogP contribution in [0.25, 0.3) is 0 Å². The standard InChI is InChI=1S/C12H16ClN3O/c1-3-16-7-6-15-12(16)8-9(14-2)10-4-5-11(13)17-10/h4-7,9,14H,3,8H2,1-2H3. The van der Waals surface area contributed by atoms with E-state index in [1.54, 1.807) is 6.07 Å². The highest BCUT2D eigenvalue weighted by Gasteiger charge is 2.16. The molecule has 1 N–H and O–H groups in total. The molecular weight excluding hydrogens is 238 g/mol. The average molecular weight is 254 g/mol. The molecule has 5 heteroatoms. The van der Waals surface area contributed by atoms with Gasteiger partial charge in [0.25, 0.3) is 0 Å². The number of likely N-dealkylation sites (N-methyl/N-ethyl adjacent to an activating group) is 1. The first-order chi connectivity index (χ1) is 8.24. The van der Waals surface area contributed by atoms with Gasteiger partial charge in [-0.15, -0.1) is 0 Å². The first kappa shape index (κ1) is 12.2. The summed E-state index contributed by atoms with van der Waals surface area (Å²) in [6.07, 6.45) is 4.58. The molecule has 0 saturated heterocycles. The molecule has 2 aromatic heterocycles. The molecule has 1 atom stereocenters. The maximum Gasteiger partial charge on any atom is 0.193 e. The number of imidazole rings is 1. The molecule has 2 aromatic rings. The molecule has 0 aliphatic rings. The highest BCUT2D eigenvalue weighted by molar-refractivity contribution is 6.28. The fourth-order valence-electron chi connectivity index (χ4n) is 1.86. The Morgan fingerprint density at radius 3 is 2.94 bits per heavy atom. The third kappa shape index (κ3) is 2.70. The largest absolute Gasteiger partial charge is 0.448 e. The van der Waals surface area contributed by atoms with Crippen LogP contribution in [0.15, 0.2) is 28.9 Å². The molecule has 2 rings (SSSR count). The molecule has 0 aliphatic carbocycles. The molecule has 4 nitrogen and oxygen atoms in total. The van der Waals surface area contributed by atoms with Crippen molar-refractivity contribution < 1.29 is 4.42 Å². The smallest absolute Gasteiger partial charge is 0.193 e. The summed E-state index contributed by atoms with van der Waals surface area (Å²) in [6.45, 7) is 3.02. The molecule has 0 aliphatic heterocycles. The van der Waals surface area contributed by atoms with Gasteiger partial charge in [0.05, 0.1) is 6.04 Å². The Hall–Kier alpha value is -1.26. The number of hydrogen-bond acceptors (Lipinski definition) is 3. The minimum absolute atomic E-state index is 0.0928. The van der Waals surface area contributed by atoms with Crippen LogP contribution in [0.2, 0.25) is 5.22 Å². The molecule has 0 fully saturated rings. The Kier molecular flexibility index (Phi) is 3.86. The highest BCUT2D eigenvalue weighted by Crippen LogP contribution is 2.22. The van der Waals surface area contributed by atoms with Gasteiger partial charge in [0.2, 0.25) is 0 Å². The molecule has 1 unspecified atom stereocenters. The monoisotopic (exact) mass is 253 g/mol. The maximum absolute atomic E-state index is 5.79. The SMILES string of the molecule is CCn1ccnc1CC(NC)c1ccc(Cl)o1. The van der Waals surface area contributed by atoms with Crippen LogP contribution >= 0.6 is 11.6 Å². The van der Waals surface area contributed by atoms with Crippen molar-refractivity contribution in [2.75, 3.05) is 7.05 Å². The minimum atomic E-state index is 0.0928. The van der Waals surface area contributed by atoms with Crippen molar-refractivity contribution in [2.24, 2.45) is 0 Å². The van der Waals surface area contributed by atoms with Crippen LogP contribution in [0, 0.1) is 0 Å². The zero-order valence-electron chi connectivity index (χ0n) is 9.98. The summed E-state index contributed by atoms with van der Waals surface area (Å²) in [5.41, 5.74) is 0. The van der Waals surface area contributed by atoms with Crippen molar-refractivity contribution in [3.63, 3.8) is 0 Å². The molecular formula is C12H16ClN3O. The second kappa shape index (κ2) is 5.38. The minimum Gasteiger partial charge on any atom is -0.448 e. The van der Waals surface area contributed by atoms with Crippen LogP contribution in [0.4, 0.5) is 0 Å². The third-order valence-electron chi connectivity index (χ3n) is 2.81. The lowest BCUT2D eigenvalue weighted by Crippen LogP contribution is -2.20. The fraction of sp³-hybridized carbons (Fsp3) is 0.417. The molecule has 2 heterocycles. The van der Waals surface area contributed by atoms with Crippen molar-refractivity contribution in [2.45, 2.75) is 25.9 Å². The van der Waals surface area contributed by atoms with Gasteiger partial charge in [-0.25, -0.2) is 4.98 Å². The topological polar surface area (TPSA) is 43.0 Å². The van der Waals surface area contributed by atoms with Gasteiger partial charge < -0.3 is 14.3 Å². The van der Waals surface area contributed by atoms with Crippen molar-refractivity contribution >= 4 is 11.6 Å². The van der Waals surface area contributed by atoms with Crippen LogP contribution in [0.3, 0.4) is 0 Å². The molecule has 17 heavy (non-hydrogen) atoms. The van der Waals surface area contributed by atoms with Crippen molar-refractivity contribution in [3.8, 4) is 0 Å². The Bertz CT molecular complexity index is 478. The number of aromatic nitrogens is 2. The number of furan rings is 1. The molecule has 0 bridgehead atoms. The van der Waals surface area contributed by atoms with Gasteiger partial charge in [-0.1, -0.05) is 0 Å². The summed E-state index contributed by atoms with van der Waals surface area (Å²) in [7, 11) is 1.90. The van der Waals surface area contributed by atoms with E-state index in [1.807, 2.05) is 25.5 Å². The predicted octanol–water partition coefficient (Wildman–Crippen LogP) is 2.65. The number of nitrogens with one attached hydrogen (secondary N) is 1. The van der Waals surface area contributed by atoms with E-state index in [1.165, 1.54) is 0 Å². The van der Waals surface area contributed by atoms with Crippen LogP contribution in [-0.4, -0.2) is 16.6 Å². The van der Waals surface area contributed by atoms with Crippen LogP contribution < -0.4 is 5.32 Å². The van der Waals surface area contributed by atoms with Crippen LogP contribution in [0.5, 0.6) is 0 Å². The number of halogens is 1. The fourth-order valence-corrected chi connectivity index (χ4v) is 2.01. The molecule has 0 amide bonds. The second-order valence-corrected chi connectivity index (χ2v) is 4.19. The zero-order chi connectivity index (χ0) is 12.3. The van der Waals surface area contributed by atoms with Gasteiger partial charge in [-0.2, -0.15) is 0 Å². The second-order valence-electron chi connectivity index (χ2n) is 3.82. The van der Waals surface area contributed by atoms with Crippen molar-refractivity contribution in [1.29, 1.82) is 0 Å². The molecule has 0 saturated carbocycles. The maximum atomic E-state index is 5.79. The molecule has 0 aromatic carbocycles. The van der Waals surface area contributed by atoms with Gasteiger partial charge in [0.15, 0.2) is 5.22 Å². The van der Waals surface area contributed by atoms with E-state index in [0.29, 0.717) is 5.22 Å². The zero-order valence-corrected chi connectivity index (χ0v) is 10.7. The Labute approximate surface area is 106 Å². The Morgan fingerprint density at radius 1 is 1.53 bits per heavy atom. The lowest BCUT2D eigenvalue weighted by molar-refractivity contribution is 0.422. The first-order valence-corrected chi connectivity index (χ1v) is 6.05. The van der Waals surface area contributed by atoms with Gasteiger partial charge in [0, 0.05) is 25.4 Å². The first-order valence-electron chi connectivity index (χ1n) is 5.67. The highest BCUT2D eigenvalue weighted by atomic mass is 35.5. The quantitative estimate of drug-likeness (QED) is 0.891. The van der Waals surface area contributed by atoms with Gasteiger partial charge in [-0.3, -0.25) is 0 Å². The molecule has 92 valence electrons. The normalized spacial score (nSPS) is 12.9.